The first-order valence-corrected chi connectivity index (χ1v) is 6.81. The molecule has 5 heteroatoms. The highest BCUT2D eigenvalue weighted by Crippen LogP contribution is 2.23. The van der Waals surface area contributed by atoms with Crippen molar-refractivity contribution >= 4 is 10.9 Å². The summed E-state index contributed by atoms with van der Waals surface area (Å²) < 4.78 is 15.0. The standard InChI is InChI=1S/C17H11FN4/c18-14-3-1-12(2-4-14)17-20-7-8-22(17)15-5-6-16-13(9-15)10-19-11-21-16/h1-11H. The second-order valence-corrected chi connectivity index (χ2v) is 4.89. The lowest BCUT2D eigenvalue weighted by molar-refractivity contribution is 0.628. The average Bonchev–Trinajstić information content (AvgIpc) is 3.05. The fourth-order valence-corrected chi connectivity index (χ4v) is 2.45. The van der Waals surface area contributed by atoms with Gasteiger partial charge in [-0.15, -0.1) is 0 Å². The Morgan fingerprint density at radius 3 is 2.68 bits per heavy atom. The molecule has 4 rings (SSSR count). The van der Waals surface area contributed by atoms with Crippen LogP contribution in [-0.2, 0) is 0 Å². The van der Waals surface area contributed by atoms with Gasteiger partial charge in [-0.1, -0.05) is 0 Å². The van der Waals surface area contributed by atoms with Crippen molar-refractivity contribution in [3.8, 4) is 17.1 Å². The number of aromatic nitrogens is 4. The maximum absolute atomic E-state index is 13.1. The molecule has 0 bridgehead atoms. The average molecular weight is 290 g/mol. The summed E-state index contributed by atoms with van der Waals surface area (Å²) in [6, 6.07) is 12.2. The summed E-state index contributed by atoms with van der Waals surface area (Å²) in [7, 11) is 0. The zero-order chi connectivity index (χ0) is 14.9. The highest BCUT2D eigenvalue weighted by Gasteiger charge is 2.08. The first-order valence-electron chi connectivity index (χ1n) is 6.81. The molecular formula is C17H11FN4. The van der Waals surface area contributed by atoms with E-state index in [2.05, 4.69) is 15.0 Å². The first kappa shape index (κ1) is 12.6. The molecule has 0 N–H and O–H groups in total. The lowest BCUT2D eigenvalue weighted by Crippen LogP contribution is -1.96. The van der Waals surface area contributed by atoms with E-state index < -0.39 is 0 Å². The van der Waals surface area contributed by atoms with Gasteiger partial charge in [0.05, 0.1) is 5.52 Å². The second-order valence-electron chi connectivity index (χ2n) is 4.89. The normalized spacial score (nSPS) is 11.0. The first-order chi connectivity index (χ1) is 10.8. The van der Waals surface area contributed by atoms with Crippen LogP contribution in [0.5, 0.6) is 0 Å². The topological polar surface area (TPSA) is 43.6 Å². The molecule has 0 aliphatic heterocycles. The van der Waals surface area contributed by atoms with E-state index >= 15 is 0 Å². The molecule has 22 heavy (non-hydrogen) atoms. The van der Waals surface area contributed by atoms with Crippen LogP contribution in [0.3, 0.4) is 0 Å². The molecule has 2 aromatic carbocycles. The van der Waals surface area contributed by atoms with Crippen LogP contribution >= 0.6 is 0 Å². The third-order valence-electron chi connectivity index (χ3n) is 3.51. The SMILES string of the molecule is Fc1ccc(-c2nccn2-c2ccc3ncncc3c2)cc1. The van der Waals surface area contributed by atoms with E-state index in [1.165, 1.54) is 18.5 Å². The minimum absolute atomic E-state index is 0.260. The predicted octanol–water partition coefficient (Wildman–Crippen LogP) is 3.62. The number of hydrogen-bond acceptors (Lipinski definition) is 3. The number of imidazole rings is 1. The van der Waals surface area contributed by atoms with Gasteiger partial charge in [-0.3, -0.25) is 4.57 Å². The number of fused-ring (bicyclic) bond motifs is 1. The molecule has 0 atom stereocenters. The molecule has 106 valence electrons. The fourth-order valence-electron chi connectivity index (χ4n) is 2.45. The Kier molecular flexibility index (Phi) is 2.89. The molecule has 0 amide bonds. The zero-order valence-corrected chi connectivity index (χ0v) is 11.5. The van der Waals surface area contributed by atoms with Gasteiger partial charge in [0.2, 0.25) is 0 Å². The van der Waals surface area contributed by atoms with Crippen molar-refractivity contribution in [3.05, 3.63) is 73.2 Å². The monoisotopic (exact) mass is 290 g/mol. The van der Waals surface area contributed by atoms with E-state index in [-0.39, 0.29) is 5.82 Å². The molecule has 0 fully saturated rings. The van der Waals surface area contributed by atoms with Gasteiger partial charge >= 0.3 is 0 Å². The van der Waals surface area contributed by atoms with Crippen LogP contribution in [0.25, 0.3) is 28.0 Å². The summed E-state index contributed by atoms with van der Waals surface area (Å²) in [5.41, 5.74) is 2.71. The molecule has 4 nitrogen and oxygen atoms in total. The van der Waals surface area contributed by atoms with Gasteiger partial charge in [-0.2, -0.15) is 0 Å². The van der Waals surface area contributed by atoms with Crippen molar-refractivity contribution < 1.29 is 4.39 Å². The minimum atomic E-state index is -0.260. The summed E-state index contributed by atoms with van der Waals surface area (Å²) >= 11 is 0. The minimum Gasteiger partial charge on any atom is -0.300 e. The lowest BCUT2D eigenvalue weighted by atomic mass is 10.2. The Morgan fingerprint density at radius 1 is 0.955 bits per heavy atom. The van der Waals surface area contributed by atoms with Crippen molar-refractivity contribution in [2.75, 3.05) is 0 Å². The van der Waals surface area contributed by atoms with E-state index in [1.807, 2.05) is 29.0 Å². The number of nitrogens with zero attached hydrogens (tertiary/aromatic N) is 4. The third kappa shape index (κ3) is 2.13. The van der Waals surface area contributed by atoms with Gasteiger partial charge in [0.25, 0.3) is 0 Å². The summed E-state index contributed by atoms with van der Waals surface area (Å²) in [5.74, 6) is 0.501. The molecule has 0 saturated heterocycles. The maximum Gasteiger partial charge on any atom is 0.144 e. The lowest BCUT2D eigenvalue weighted by Gasteiger charge is -2.09. The Morgan fingerprint density at radius 2 is 1.82 bits per heavy atom. The molecule has 0 saturated carbocycles. The molecule has 0 unspecified atom stereocenters. The zero-order valence-electron chi connectivity index (χ0n) is 11.5. The Labute approximate surface area is 125 Å². The summed E-state index contributed by atoms with van der Waals surface area (Å²) in [6.07, 6.45) is 6.91. The van der Waals surface area contributed by atoms with Crippen LogP contribution in [0, 0.1) is 5.82 Å². The van der Waals surface area contributed by atoms with E-state index in [9.17, 15) is 4.39 Å². The van der Waals surface area contributed by atoms with Crippen LogP contribution in [0.1, 0.15) is 0 Å². The van der Waals surface area contributed by atoms with Crippen LogP contribution in [-0.4, -0.2) is 19.5 Å². The van der Waals surface area contributed by atoms with Crippen LogP contribution in [0.2, 0.25) is 0 Å². The van der Waals surface area contributed by atoms with Crippen molar-refractivity contribution in [1.29, 1.82) is 0 Å². The molecule has 0 spiro atoms. The van der Waals surface area contributed by atoms with Crippen LogP contribution in [0.15, 0.2) is 67.4 Å². The Balaban J connectivity index is 1.85. The summed E-state index contributed by atoms with van der Waals surface area (Å²) in [6.45, 7) is 0. The fraction of sp³-hybridized carbons (Fsp3) is 0. The molecule has 2 heterocycles. The Hall–Kier alpha value is -3.08. The van der Waals surface area contributed by atoms with Gasteiger partial charge in [-0.25, -0.2) is 19.3 Å². The number of rotatable bonds is 2. The predicted molar refractivity (Wildman–Crippen MR) is 82.1 cm³/mol. The molecule has 0 aliphatic rings. The number of halogens is 1. The maximum atomic E-state index is 13.1. The second kappa shape index (κ2) is 5.04. The summed E-state index contributed by atoms with van der Waals surface area (Å²) in [4.78, 5) is 12.6. The van der Waals surface area contributed by atoms with Crippen molar-refractivity contribution in [2.45, 2.75) is 0 Å². The largest absolute Gasteiger partial charge is 0.300 e. The molecular weight excluding hydrogens is 279 g/mol. The van der Waals surface area contributed by atoms with Crippen molar-refractivity contribution in [1.82, 2.24) is 19.5 Å². The van der Waals surface area contributed by atoms with Crippen molar-refractivity contribution in [2.24, 2.45) is 0 Å². The molecule has 4 aromatic rings. The van der Waals surface area contributed by atoms with Gasteiger partial charge < -0.3 is 0 Å². The van der Waals surface area contributed by atoms with Gasteiger partial charge in [0.15, 0.2) is 0 Å². The van der Waals surface area contributed by atoms with Gasteiger partial charge in [0, 0.05) is 35.2 Å². The number of benzene rings is 2. The quantitative estimate of drug-likeness (QED) is 0.566. The van der Waals surface area contributed by atoms with Crippen molar-refractivity contribution in [3.63, 3.8) is 0 Å². The molecule has 0 radical (unpaired) electrons. The van der Waals surface area contributed by atoms with Gasteiger partial charge in [0.1, 0.15) is 18.0 Å². The molecule has 0 aliphatic carbocycles. The van der Waals surface area contributed by atoms with E-state index in [0.717, 1.165) is 28.0 Å². The van der Waals surface area contributed by atoms with E-state index in [1.54, 1.807) is 24.5 Å². The number of hydrogen-bond donors (Lipinski definition) is 0. The molecule has 2 aromatic heterocycles. The smallest absolute Gasteiger partial charge is 0.144 e. The van der Waals surface area contributed by atoms with Gasteiger partial charge in [-0.05, 0) is 42.5 Å². The highest BCUT2D eigenvalue weighted by atomic mass is 19.1. The van der Waals surface area contributed by atoms with E-state index in [0.29, 0.717) is 0 Å². The third-order valence-corrected chi connectivity index (χ3v) is 3.51. The van der Waals surface area contributed by atoms with E-state index in [4.69, 9.17) is 0 Å². The van der Waals surface area contributed by atoms with Crippen LogP contribution in [0.4, 0.5) is 4.39 Å². The Bertz CT molecular complexity index is 944. The summed E-state index contributed by atoms with van der Waals surface area (Å²) in [5, 5.41) is 0.957. The highest BCUT2D eigenvalue weighted by molar-refractivity contribution is 5.80. The van der Waals surface area contributed by atoms with Crippen LogP contribution < -0.4 is 0 Å².